The van der Waals surface area contributed by atoms with Crippen molar-refractivity contribution in [3.05, 3.63) is 17.9 Å². The van der Waals surface area contributed by atoms with Crippen LogP contribution in [0, 0.1) is 5.82 Å². The van der Waals surface area contributed by atoms with E-state index in [9.17, 15) is 4.39 Å². The van der Waals surface area contributed by atoms with Gasteiger partial charge >= 0.3 is 0 Å². The minimum absolute atomic E-state index is 0.206. The van der Waals surface area contributed by atoms with Gasteiger partial charge in [-0.2, -0.15) is 0 Å². The second kappa shape index (κ2) is 3.96. The van der Waals surface area contributed by atoms with Crippen LogP contribution in [0.2, 0.25) is 0 Å². The molecule has 3 N–H and O–H groups in total. The molecule has 0 atom stereocenters. The lowest BCUT2D eigenvalue weighted by Crippen LogP contribution is -2.26. The van der Waals surface area contributed by atoms with Crippen LogP contribution in [-0.2, 0) is 0 Å². The van der Waals surface area contributed by atoms with E-state index >= 15 is 0 Å². The van der Waals surface area contributed by atoms with Crippen molar-refractivity contribution in [3.63, 3.8) is 0 Å². The molecule has 0 aliphatic heterocycles. The van der Waals surface area contributed by atoms with Crippen molar-refractivity contribution in [2.75, 3.05) is 18.2 Å². The summed E-state index contributed by atoms with van der Waals surface area (Å²) in [7, 11) is 1.50. The van der Waals surface area contributed by atoms with E-state index in [2.05, 4.69) is 5.32 Å². The summed E-state index contributed by atoms with van der Waals surface area (Å²) < 4.78 is 18.5. The molecular weight excluding hydrogens is 195 g/mol. The number of nitrogens with one attached hydrogen (secondary N) is 1. The number of anilines is 2. The number of nitrogen functional groups attached to an aromatic ring is 1. The molecule has 15 heavy (non-hydrogen) atoms. The predicted octanol–water partition coefficient (Wildman–Crippen LogP) is 2.63. The third-order valence-electron chi connectivity index (χ3n) is 1.83. The Morgan fingerprint density at radius 2 is 1.93 bits per heavy atom. The van der Waals surface area contributed by atoms with Crippen LogP contribution >= 0.6 is 0 Å². The van der Waals surface area contributed by atoms with Crippen LogP contribution in [0.15, 0.2) is 12.1 Å². The zero-order chi connectivity index (χ0) is 11.6. The van der Waals surface area contributed by atoms with E-state index in [4.69, 9.17) is 10.5 Å². The van der Waals surface area contributed by atoms with Crippen molar-refractivity contribution in [1.29, 1.82) is 0 Å². The Balaban J connectivity index is 3.08. The normalized spacial score (nSPS) is 11.3. The molecule has 0 aromatic heterocycles. The van der Waals surface area contributed by atoms with Crippen LogP contribution < -0.4 is 15.8 Å². The van der Waals surface area contributed by atoms with Gasteiger partial charge in [-0.1, -0.05) is 0 Å². The molecule has 0 unspecified atom stereocenters. The van der Waals surface area contributed by atoms with Crippen molar-refractivity contribution in [2.24, 2.45) is 0 Å². The van der Waals surface area contributed by atoms with Crippen LogP contribution in [0.3, 0.4) is 0 Å². The quantitative estimate of drug-likeness (QED) is 0.741. The molecule has 1 aromatic rings. The SMILES string of the molecule is COc1cc(NC(C)(C)C)c(F)cc1N. The highest BCUT2D eigenvalue weighted by Crippen LogP contribution is 2.29. The molecule has 0 aliphatic rings. The van der Waals surface area contributed by atoms with Crippen LogP contribution in [0.25, 0.3) is 0 Å². The molecule has 0 spiro atoms. The molecule has 0 amide bonds. The van der Waals surface area contributed by atoms with Crippen molar-refractivity contribution < 1.29 is 9.13 Å². The number of hydrogen-bond acceptors (Lipinski definition) is 3. The Bertz CT molecular complexity index is 358. The second-order valence-corrected chi connectivity index (χ2v) is 4.45. The lowest BCUT2D eigenvalue weighted by molar-refractivity contribution is 0.416. The minimum atomic E-state index is -0.372. The summed E-state index contributed by atoms with van der Waals surface area (Å²) >= 11 is 0. The van der Waals surface area contributed by atoms with E-state index in [1.807, 2.05) is 20.8 Å². The molecule has 84 valence electrons. The Labute approximate surface area is 89.4 Å². The number of benzene rings is 1. The number of ether oxygens (including phenoxy) is 1. The summed E-state index contributed by atoms with van der Waals surface area (Å²) in [4.78, 5) is 0. The summed E-state index contributed by atoms with van der Waals surface area (Å²) in [5.41, 5.74) is 6.06. The van der Waals surface area contributed by atoms with Crippen molar-refractivity contribution in [1.82, 2.24) is 0 Å². The van der Waals surface area contributed by atoms with E-state index in [0.717, 1.165) is 0 Å². The first-order chi connectivity index (χ1) is 6.83. The number of halogens is 1. The average molecular weight is 212 g/mol. The van der Waals surface area contributed by atoms with Gasteiger partial charge in [0.25, 0.3) is 0 Å². The zero-order valence-electron chi connectivity index (χ0n) is 9.52. The topological polar surface area (TPSA) is 47.3 Å². The standard InChI is InChI=1S/C11H17FN2O/c1-11(2,3)14-9-6-10(15-4)8(13)5-7(9)12/h5-6,14H,13H2,1-4H3. The van der Waals surface area contributed by atoms with E-state index in [0.29, 0.717) is 17.1 Å². The van der Waals surface area contributed by atoms with Gasteiger partial charge in [0, 0.05) is 17.7 Å². The third kappa shape index (κ3) is 3.01. The fraction of sp³-hybridized carbons (Fsp3) is 0.455. The maximum atomic E-state index is 13.5. The maximum absolute atomic E-state index is 13.5. The maximum Gasteiger partial charge on any atom is 0.148 e. The second-order valence-electron chi connectivity index (χ2n) is 4.45. The molecule has 1 rings (SSSR count). The first kappa shape index (κ1) is 11.6. The smallest absolute Gasteiger partial charge is 0.148 e. The Morgan fingerprint density at radius 1 is 1.33 bits per heavy atom. The molecular formula is C11H17FN2O. The highest BCUT2D eigenvalue weighted by molar-refractivity contribution is 5.62. The first-order valence-corrected chi connectivity index (χ1v) is 4.74. The van der Waals surface area contributed by atoms with Gasteiger partial charge in [-0.15, -0.1) is 0 Å². The molecule has 0 bridgehead atoms. The number of nitrogens with two attached hydrogens (primary N) is 1. The lowest BCUT2D eigenvalue weighted by Gasteiger charge is -2.23. The molecule has 0 heterocycles. The zero-order valence-corrected chi connectivity index (χ0v) is 9.52. The van der Waals surface area contributed by atoms with Gasteiger partial charge < -0.3 is 15.8 Å². The number of rotatable bonds is 2. The predicted molar refractivity (Wildman–Crippen MR) is 60.7 cm³/mol. The van der Waals surface area contributed by atoms with Crippen molar-refractivity contribution in [2.45, 2.75) is 26.3 Å². The van der Waals surface area contributed by atoms with E-state index in [1.54, 1.807) is 6.07 Å². The molecule has 0 aliphatic carbocycles. The summed E-state index contributed by atoms with van der Waals surface area (Å²) in [5.74, 6) is 0.103. The Hall–Kier alpha value is -1.45. The molecule has 0 saturated carbocycles. The number of hydrogen-bond donors (Lipinski definition) is 2. The van der Waals surface area contributed by atoms with E-state index < -0.39 is 0 Å². The molecule has 0 radical (unpaired) electrons. The fourth-order valence-electron chi connectivity index (χ4n) is 1.25. The average Bonchev–Trinajstić information content (AvgIpc) is 2.07. The minimum Gasteiger partial charge on any atom is -0.495 e. The van der Waals surface area contributed by atoms with Crippen LogP contribution in [-0.4, -0.2) is 12.6 Å². The Morgan fingerprint density at radius 3 is 2.40 bits per heavy atom. The van der Waals surface area contributed by atoms with Crippen molar-refractivity contribution in [3.8, 4) is 5.75 Å². The summed E-state index contributed by atoms with van der Waals surface area (Å²) in [6.07, 6.45) is 0. The molecule has 1 aromatic carbocycles. The summed E-state index contributed by atoms with van der Waals surface area (Å²) in [6, 6.07) is 2.82. The molecule has 0 fully saturated rings. The van der Waals surface area contributed by atoms with Gasteiger partial charge in [0.05, 0.1) is 18.5 Å². The van der Waals surface area contributed by atoms with Gasteiger partial charge in [0.2, 0.25) is 0 Å². The highest BCUT2D eigenvalue weighted by atomic mass is 19.1. The van der Waals surface area contributed by atoms with Gasteiger partial charge in [-0.05, 0) is 20.8 Å². The molecule has 3 nitrogen and oxygen atoms in total. The van der Waals surface area contributed by atoms with Gasteiger partial charge in [-0.3, -0.25) is 0 Å². The third-order valence-corrected chi connectivity index (χ3v) is 1.83. The fourth-order valence-corrected chi connectivity index (χ4v) is 1.25. The van der Waals surface area contributed by atoms with Gasteiger partial charge in [-0.25, -0.2) is 4.39 Å². The largest absolute Gasteiger partial charge is 0.495 e. The molecule has 4 heteroatoms. The van der Waals surface area contributed by atoms with Crippen molar-refractivity contribution >= 4 is 11.4 Å². The Kier molecular flexibility index (Phi) is 3.07. The van der Waals surface area contributed by atoms with E-state index in [-0.39, 0.29) is 11.4 Å². The van der Waals surface area contributed by atoms with Crippen LogP contribution in [0.4, 0.5) is 15.8 Å². The van der Waals surface area contributed by atoms with E-state index in [1.165, 1.54) is 13.2 Å². The number of methoxy groups -OCH3 is 1. The molecule has 0 saturated heterocycles. The summed E-state index contributed by atoms with van der Waals surface area (Å²) in [5, 5.41) is 3.04. The monoisotopic (exact) mass is 212 g/mol. The van der Waals surface area contributed by atoms with Crippen LogP contribution in [0.1, 0.15) is 20.8 Å². The summed E-state index contributed by atoms with van der Waals surface area (Å²) in [6.45, 7) is 5.86. The highest BCUT2D eigenvalue weighted by Gasteiger charge is 2.14. The van der Waals surface area contributed by atoms with Crippen LogP contribution in [0.5, 0.6) is 5.75 Å². The van der Waals surface area contributed by atoms with Gasteiger partial charge in [0.1, 0.15) is 11.6 Å². The first-order valence-electron chi connectivity index (χ1n) is 4.74. The lowest BCUT2D eigenvalue weighted by atomic mass is 10.1. The van der Waals surface area contributed by atoms with Gasteiger partial charge in [0.15, 0.2) is 0 Å².